The molecule has 0 aromatic rings. The smallest absolute Gasteiger partial charge is 0.0462 e. The molecule has 4 nitrogen and oxygen atoms in total. The molecule has 28 heavy (non-hydrogen) atoms. The van der Waals surface area contributed by atoms with Gasteiger partial charge in [0.1, 0.15) is 0 Å². The van der Waals surface area contributed by atoms with Crippen LogP contribution in [0.4, 0.5) is 0 Å². The number of unbranched alkanes of at least 4 members (excludes halogenated alkanes) is 7. The summed E-state index contributed by atoms with van der Waals surface area (Å²) in [5, 5.41) is 32.5. The quantitative estimate of drug-likeness (QED) is 0.424. The monoisotopic (exact) mass is 402 g/mol. The predicted molar refractivity (Wildman–Crippen MR) is 118 cm³/mol. The minimum atomic E-state index is 0.385. The van der Waals surface area contributed by atoms with Crippen LogP contribution in [-0.4, -0.2) is 47.9 Å². The summed E-state index contributed by atoms with van der Waals surface area (Å²) in [4.78, 5) is 0. The van der Waals surface area contributed by atoms with Crippen LogP contribution in [0.25, 0.3) is 0 Å². The molecule has 0 heterocycles. The number of aliphatic hydroxyl groups is 4. The van der Waals surface area contributed by atoms with Crippen LogP contribution in [0.2, 0.25) is 0 Å². The van der Waals surface area contributed by atoms with Gasteiger partial charge in [0.25, 0.3) is 0 Å². The minimum Gasteiger partial charge on any atom is -0.400 e. The Labute approximate surface area is 174 Å². The Bertz CT molecular complexity index is 327. The molecule has 4 heteroatoms. The van der Waals surface area contributed by atoms with Gasteiger partial charge in [0.2, 0.25) is 0 Å². The third kappa shape index (κ3) is 8.69. The van der Waals surface area contributed by atoms with E-state index in [1.807, 2.05) is 0 Å². The second kappa shape index (κ2) is 17.7. The van der Waals surface area contributed by atoms with Crippen LogP contribution in [0.5, 0.6) is 0 Å². The Kier molecular flexibility index (Phi) is 17.6. The molecule has 3 aliphatic carbocycles. The maximum atomic E-state index is 9.28. The van der Waals surface area contributed by atoms with E-state index in [4.69, 9.17) is 10.2 Å². The first kappa shape index (κ1) is 27.8. The Balaban J connectivity index is 0.000000464. The van der Waals surface area contributed by atoms with Gasteiger partial charge < -0.3 is 20.4 Å². The molecular formula is C24H50O4. The molecule has 0 aromatic carbocycles. The zero-order valence-corrected chi connectivity index (χ0v) is 19.2. The Hall–Kier alpha value is -0.160. The summed E-state index contributed by atoms with van der Waals surface area (Å²) in [5.74, 6) is 4.61. The van der Waals surface area contributed by atoms with Gasteiger partial charge >= 0.3 is 0 Å². The second-order valence-electron chi connectivity index (χ2n) is 8.81. The van der Waals surface area contributed by atoms with E-state index in [0.717, 1.165) is 37.9 Å². The zero-order chi connectivity index (χ0) is 21.4. The molecule has 2 bridgehead atoms. The van der Waals surface area contributed by atoms with Gasteiger partial charge in [0.15, 0.2) is 0 Å². The highest BCUT2D eigenvalue weighted by molar-refractivity contribution is 5.04. The average molecular weight is 403 g/mol. The highest BCUT2D eigenvalue weighted by atomic mass is 16.3. The van der Waals surface area contributed by atoms with Crippen LogP contribution < -0.4 is 0 Å². The molecule has 0 radical (unpaired) electrons. The van der Waals surface area contributed by atoms with E-state index in [0.29, 0.717) is 25.0 Å². The summed E-state index contributed by atoms with van der Waals surface area (Å²) in [6.45, 7) is 5.32. The van der Waals surface area contributed by atoms with Crippen LogP contribution in [0.3, 0.4) is 0 Å². The highest BCUT2D eigenvalue weighted by Crippen LogP contribution is 2.61. The standard InChI is InChI=1S/C12H20O2.C10H22.2CH4O/c13-5-7-1-10-8-3-9(6-14)11(4-8)12(10)2-7;1-3-5-7-9-10-8-6-4-2;2*1-2/h7-14H,1-6H2;3-10H2,1-2H3;2*2H,1H3. The van der Waals surface area contributed by atoms with E-state index >= 15 is 0 Å². The summed E-state index contributed by atoms with van der Waals surface area (Å²) in [6.07, 6.45) is 16.6. The third-order valence-electron chi connectivity index (χ3n) is 7.15. The van der Waals surface area contributed by atoms with Gasteiger partial charge in [-0.3, -0.25) is 0 Å². The summed E-state index contributed by atoms with van der Waals surface area (Å²) >= 11 is 0. The Morgan fingerprint density at radius 2 is 1.07 bits per heavy atom. The van der Waals surface area contributed by atoms with Gasteiger partial charge in [-0.15, -0.1) is 0 Å². The van der Waals surface area contributed by atoms with Crippen molar-refractivity contribution in [2.45, 2.75) is 90.9 Å². The minimum absolute atomic E-state index is 0.385. The molecule has 3 aliphatic rings. The summed E-state index contributed by atoms with van der Waals surface area (Å²) < 4.78 is 0. The number of hydrogen-bond donors (Lipinski definition) is 4. The van der Waals surface area contributed by atoms with Crippen molar-refractivity contribution in [3.63, 3.8) is 0 Å². The number of fused-ring (bicyclic) bond motifs is 5. The first-order valence-electron chi connectivity index (χ1n) is 11.9. The lowest BCUT2D eigenvalue weighted by atomic mass is 9.76. The van der Waals surface area contributed by atoms with Gasteiger partial charge in [-0.1, -0.05) is 65.2 Å². The summed E-state index contributed by atoms with van der Waals surface area (Å²) in [7, 11) is 2.00. The van der Waals surface area contributed by atoms with E-state index in [-0.39, 0.29) is 0 Å². The van der Waals surface area contributed by atoms with Crippen molar-refractivity contribution in [2.75, 3.05) is 27.4 Å². The first-order chi connectivity index (χ1) is 13.7. The van der Waals surface area contributed by atoms with Gasteiger partial charge in [0.05, 0.1) is 0 Å². The molecule has 4 N–H and O–H groups in total. The molecule has 3 saturated carbocycles. The van der Waals surface area contributed by atoms with Gasteiger partial charge in [0, 0.05) is 27.4 Å². The summed E-state index contributed by atoms with van der Waals surface area (Å²) in [5.41, 5.74) is 0. The van der Waals surface area contributed by atoms with Crippen molar-refractivity contribution in [2.24, 2.45) is 35.5 Å². The maximum absolute atomic E-state index is 9.28. The molecule has 0 aliphatic heterocycles. The van der Waals surface area contributed by atoms with Crippen LogP contribution in [0.15, 0.2) is 0 Å². The molecular weight excluding hydrogens is 352 g/mol. The van der Waals surface area contributed by atoms with E-state index in [9.17, 15) is 10.2 Å². The van der Waals surface area contributed by atoms with Crippen LogP contribution >= 0.6 is 0 Å². The van der Waals surface area contributed by atoms with E-state index in [2.05, 4.69) is 13.8 Å². The fourth-order valence-corrected chi connectivity index (χ4v) is 5.89. The number of aliphatic hydroxyl groups excluding tert-OH is 4. The fraction of sp³-hybridized carbons (Fsp3) is 1.00. The van der Waals surface area contributed by atoms with Crippen LogP contribution in [0.1, 0.15) is 90.9 Å². The maximum Gasteiger partial charge on any atom is 0.0462 e. The van der Waals surface area contributed by atoms with E-state index in [1.54, 1.807) is 0 Å². The van der Waals surface area contributed by atoms with Crippen molar-refractivity contribution in [3.05, 3.63) is 0 Å². The molecule has 6 unspecified atom stereocenters. The molecule has 0 aromatic heterocycles. The lowest BCUT2D eigenvalue weighted by Gasteiger charge is -2.30. The second-order valence-corrected chi connectivity index (χ2v) is 8.81. The molecule has 170 valence electrons. The van der Waals surface area contributed by atoms with Crippen molar-refractivity contribution in [1.82, 2.24) is 0 Å². The SMILES string of the molecule is CCCCCCCCCC.CO.CO.OCC1CC2C3CC(CO)C(C3)C2C1. The topological polar surface area (TPSA) is 80.9 Å². The lowest BCUT2D eigenvalue weighted by molar-refractivity contribution is 0.120. The van der Waals surface area contributed by atoms with Crippen molar-refractivity contribution in [1.29, 1.82) is 0 Å². The molecule has 3 fully saturated rings. The molecule has 3 rings (SSSR count). The largest absolute Gasteiger partial charge is 0.400 e. The first-order valence-corrected chi connectivity index (χ1v) is 11.9. The molecule has 0 spiro atoms. The van der Waals surface area contributed by atoms with Crippen molar-refractivity contribution in [3.8, 4) is 0 Å². The lowest BCUT2D eigenvalue weighted by Crippen LogP contribution is -2.26. The fourth-order valence-electron chi connectivity index (χ4n) is 5.89. The van der Waals surface area contributed by atoms with Crippen molar-refractivity contribution < 1.29 is 20.4 Å². The van der Waals surface area contributed by atoms with Gasteiger partial charge in [-0.2, -0.15) is 0 Å². The Morgan fingerprint density at radius 3 is 1.54 bits per heavy atom. The van der Waals surface area contributed by atoms with Gasteiger partial charge in [-0.05, 0) is 61.2 Å². The number of hydrogen-bond acceptors (Lipinski definition) is 4. The number of rotatable bonds is 9. The van der Waals surface area contributed by atoms with Gasteiger partial charge in [-0.25, -0.2) is 0 Å². The van der Waals surface area contributed by atoms with Crippen LogP contribution in [-0.2, 0) is 0 Å². The predicted octanol–water partition coefficient (Wildman–Crippen LogP) is 4.63. The normalized spacial score (nSPS) is 31.7. The molecule has 0 amide bonds. The van der Waals surface area contributed by atoms with Crippen molar-refractivity contribution >= 4 is 0 Å². The van der Waals surface area contributed by atoms with E-state index in [1.165, 1.54) is 77.0 Å². The Morgan fingerprint density at radius 1 is 0.571 bits per heavy atom. The molecule has 0 saturated heterocycles. The average Bonchev–Trinajstić information content (AvgIpc) is 3.45. The van der Waals surface area contributed by atoms with Crippen LogP contribution in [0, 0.1) is 35.5 Å². The summed E-state index contributed by atoms with van der Waals surface area (Å²) in [6, 6.07) is 0. The van der Waals surface area contributed by atoms with E-state index < -0.39 is 0 Å². The highest BCUT2D eigenvalue weighted by Gasteiger charge is 2.55. The third-order valence-corrected chi connectivity index (χ3v) is 7.15. The zero-order valence-electron chi connectivity index (χ0n) is 19.2. The molecule has 6 atom stereocenters.